The van der Waals surface area contributed by atoms with Crippen LogP contribution < -0.4 is 0 Å². The molecule has 0 saturated heterocycles. The molecule has 2 aromatic carbocycles. The highest BCUT2D eigenvalue weighted by Crippen LogP contribution is 2.33. The largest absolute Gasteiger partial charge is 0.126 e. The summed E-state index contributed by atoms with van der Waals surface area (Å²) in [6.07, 6.45) is 0.845. The zero-order valence-electron chi connectivity index (χ0n) is 11.4. The van der Waals surface area contributed by atoms with E-state index in [1.54, 1.807) is 0 Å². The summed E-state index contributed by atoms with van der Waals surface area (Å²) < 4.78 is 1.05. The van der Waals surface area contributed by atoms with Crippen molar-refractivity contribution in [2.24, 2.45) is 0 Å². The highest BCUT2D eigenvalue weighted by atomic mass is 79.9. The molecule has 0 unspecified atom stereocenters. The highest BCUT2D eigenvalue weighted by Gasteiger charge is 2.31. The Morgan fingerprint density at radius 1 is 1.00 bits per heavy atom. The minimum atomic E-state index is -0.235. The van der Waals surface area contributed by atoms with Crippen LogP contribution in [-0.4, -0.2) is 11.8 Å². The minimum absolute atomic E-state index is 0.235. The third kappa shape index (κ3) is 3.58. The van der Waals surface area contributed by atoms with Gasteiger partial charge in [-0.1, -0.05) is 57.9 Å². The van der Waals surface area contributed by atoms with Crippen LogP contribution in [0.15, 0.2) is 53.0 Å². The van der Waals surface area contributed by atoms with Crippen molar-refractivity contribution >= 4 is 39.1 Å². The Hall–Kier alpha value is -0.500. The topological polar surface area (TPSA) is 0 Å². The molecule has 0 aliphatic carbocycles. The fourth-order valence-electron chi connectivity index (χ4n) is 2.42. The Balaban J connectivity index is 2.39. The van der Waals surface area contributed by atoms with E-state index in [0.29, 0.717) is 11.8 Å². The molecule has 0 heterocycles. The number of halogens is 3. The van der Waals surface area contributed by atoms with Crippen LogP contribution in [0, 0.1) is 6.92 Å². The van der Waals surface area contributed by atoms with Crippen molar-refractivity contribution in [3.63, 3.8) is 0 Å². The maximum Gasteiger partial charge on any atom is 0.0335 e. The average molecular weight is 372 g/mol. The SMILES string of the molecule is Cc1cccc(CC(CCl)(CCl)c2cccc(Br)c2)c1. The van der Waals surface area contributed by atoms with Gasteiger partial charge < -0.3 is 0 Å². The summed E-state index contributed by atoms with van der Waals surface area (Å²) in [6, 6.07) is 16.8. The Morgan fingerprint density at radius 2 is 1.70 bits per heavy atom. The van der Waals surface area contributed by atoms with Crippen LogP contribution in [0.2, 0.25) is 0 Å². The van der Waals surface area contributed by atoms with Gasteiger partial charge in [-0.05, 0) is 36.6 Å². The molecule has 0 aliphatic rings. The average Bonchev–Trinajstić information content (AvgIpc) is 2.45. The number of hydrogen-bond donors (Lipinski definition) is 0. The maximum absolute atomic E-state index is 6.30. The van der Waals surface area contributed by atoms with E-state index in [1.165, 1.54) is 16.7 Å². The molecule has 0 radical (unpaired) electrons. The van der Waals surface area contributed by atoms with Gasteiger partial charge >= 0.3 is 0 Å². The molecule has 106 valence electrons. The molecule has 2 aromatic rings. The van der Waals surface area contributed by atoms with Crippen molar-refractivity contribution < 1.29 is 0 Å². The van der Waals surface area contributed by atoms with Gasteiger partial charge in [-0.2, -0.15) is 0 Å². The molecule has 0 aromatic heterocycles. The molecule has 2 rings (SSSR count). The summed E-state index contributed by atoms with van der Waals surface area (Å²) in [4.78, 5) is 0. The van der Waals surface area contributed by atoms with Crippen molar-refractivity contribution in [1.82, 2.24) is 0 Å². The lowest BCUT2D eigenvalue weighted by atomic mass is 9.78. The first-order chi connectivity index (χ1) is 9.59. The molecule has 0 aliphatic heterocycles. The molecule has 20 heavy (non-hydrogen) atoms. The monoisotopic (exact) mass is 370 g/mol. The van der Waals surface area contributed by atoms with Gasteiger partial charge in [-0.3, -0.25) is 0 Å². The van der Waals surface area contributed by atoms with E-state index in [2.05, 4.69) is 59.3 Å². The lowest BCUT2D eigenvalue weighted by Crippen LogP contribution is -2.33. The van der Waals surface area contributed by atoms with Crippen LogP contribution in [-0.2, 0) is 11.8 Å². The van der Waals surface area contributed by atoms with Gasteiger partial charge in [0, 0.05) is 21.6 Å². The van der Waals surface area contributed by atoms with Crippen LogP contribution in [0.4, 0.5) is 0 Å². The van der Waals surface area contributed by atoms with Crippen LogP contribution in [0.25, 0.3) is 0 Å². The van der Waals surface area contributed by atoms with E-state index in [9.17, 15) is 0 Å². The molecule has 0 spiro atoms. The highest BCUT2D eigenvalue weighted by molar-refractivity contribution is 9.10. The molecule has 0 bridgehead atoms. The van der Waals surface area contributed by atoms with Crippen molar-refractivity contribution in [2.45, 2.75) is 18.8 Å². The first-order valence-electron chi connectivity index (χ1n) is 6.53. The lowest BCUT2D eigenvalue weighted by Gasteiger charge is -2.30. The van der Waals surface area contributed by atoms with Gasteiger partial charge in [-0.15, -0.1) is 23.2 Å². The summed E-state index contributed by atoms with van der Waals surface area (Å²) in [7, 11) is 0. The van der Waals surface area contributed by atoms with Gasteiger partial charge in [0.1, 0.15) is 0 Å². The first kappa shape index (κ1) is 15.9. The third-order valence-corrected chi connectivity index (χ3v) is 5.09. The Morgan fingerprint density at radius 3 is 2.30 bits per heavy atom. The number of rotatable bonds is 5. The number of alkyl halides is 2. The number of aryl methyl sites for hydroxylation is 1. The van der Waals surface area contributed by atoms with Crippen LogP contribution in [0.1, 0.15) is 16.7 Å². The Labute approximate surface area is 139 Å². The van der Waals surface area contributed by atoms with Gasteiger partial charge in [0.25, 0.3) is 0 Å². The van der Waals surface area contributed by atoms with Crippen LogP contribution >= 0.6 is 39.1 Å². The Kier molecular flexibility index (Phi) is 5.54. The number of hydrogen-bond acceptors (Lipinski definition) is 0. The zero-order chi connectivity index (χ0) is 14.6. The van der Waals surface area contributed by atoms with E-state index in [-0.39, 0.29) is 5.41 Å². The summed E-state index contributed by atoms with van der Waals surface area (Å²) in [5.41, 5.74) is 3.47. The first-order valence-corrected chi connectivity index (χ1v) is 8.39. The predicted octanol–water partition coefficient (Wildman–Crippen LogP) is 5.72. The quantitative estimate of drug-likeness (QED) is 0.590. The van der Waals surface area contributed by atoms with Gasteiger partial charge in [0.15, 0.2) is 0 Å². The van der Waals surface area contributed by atoms with Crippen LogP contribution in [0.5, 0.6) is 0 Å². The van der Waals surface area contributed by atoms with Crippen molar-refractivity contribution in [1.29, 1.82) is 0 Å². The molecule has 0 nitrogen and oxygen atoms in total. The fourth-order valence-corrected chi connectivity index (χ4v) is 3.60. The van der Waals surface area contributed by atoms with E-state index in [0.717, 1.165) is 10.9 Å². The lowest BCUT2D eigenvalue weighted by molar-refractivity contribution is 0.536. The second-order valence-electron chi connectivity index (χ2n) is 5.22. The molecular formula is C17H17BrCl2. The molecule has 0 saturated carbocycles. The second kappa shape index (κ2) is 6.98. The van der Waals surface area contributed by atoms with Crippen LogP contribution in [0.3, 0.4) is 0 Å². The molecule has 0 atom stereocenters. The normalized spacial score (nSPS) is 11.6. The van der Waals surface area contributed by atoms with E-state index >= 15 is 0 Å². The predicted molar refractivity (Wildman–Crippen MR) is 92.1 cm³/mol. The molecule has 0 amide bonds. The standard InChI is InChI=1S/C17H17BrCl2/c1-13-4-2-5-14(8-13)10-17(11-19,12-20)15-6-3-7-16(18)9-15/h2-9H,10-12H2,1H3. The van der Waals surface area contributed by atoms with Crippen molar-refractivity contribution in [2.75, 3.05) is 11.8 Å². The summed E-state index contributed by atoms with van der Waals surface area (Å²) in [6.45, 7) is 2.10. The third-order valence-electron chi connectivity index (χ3n) is 3.57. The summed E-state index contributed by atoms with van der Waals surface area (Å²) in [5, 5.41) is 0. The van der Waals surface area contributed by atoms with E-state index in [1.807, 2.05) is 12.1 Å². The zero-order valence-corrected chi connectivity index (χ0v) is 14.5. The maximum atomic E-state index is 6.30. The van der Waals surface area contributed by atoms with E-state index in [4.69, 9.17) is 23.2 Å². The van der Waals surface area contributed by atoms with Gasteiger partial charge in [0.2, 0.25) is 0 Å². The Bertz CT molecular complexity index is 577. The van der Waals surface area contributed by atoms with E-state index < -0.39 is 0 Å². The summed E-state index contributed by atoms with van der Waals surface area (Å²) >= 11 is 16.1. The van der Waals surface area contributed by atoms with Gasteiger partial charge in [-0.25, -0.2) is 0 Å². The van der Waals surface area contributed by atoms with Crippen molar-refractivity contribution in [3.8, 4) is 0 Å². The minimum Gasteiger partial charge on any atom is -0.126 e. The fraction of sp³-hybridized carbons (Fsp3) is 0.294. The molecule has 0 N–H and O–H groups in total. The second-order valence-corrected chi connectivity index (χ2v) is 6.67. The molecule has 3 heteroatoms. The van der Waals surface area contributed by atoms with Gasteiger partial charge in [0.05, 0.1) is 0 Å². The smallest absolute Gasteiger partial charge is 0.0335 e. The molecular weight excluding hydrogens is 355 g/mol. The van der Waals surface area contributed by atoms with Crippen molar-refractivity contribution in [3.05, 3.63) is 69.7 Å². The molecule has 0 fully saturated rings. The summed E-state index contributed by atoms with van der Waals surface area (Å²) in [5.74, 6) is 1.00. The number of benzene rings is 2.